The SMILES string of the molecule is CCn1cc(NC(=O)C2(C)Sc3ccccc3N(C)C2=O)cn1. The summed E-state index contributed by atoms with van der Waals surface area (Å²) in [5, 5.41) is 6.92. The number of hydrogen-bond acceptors (Lipinski definition) is 4. The van der Waals surface area contributed by atoms with Gasteiger partial charge in [-0.1, -0.05) is 23.9 Å². The van der Waals surface area contributed by atoms with Crippen LogP contribution in [0.4, 0.5) is 11.4 Å². The Balaban J connectivity index is 1.88. The van der Waals surface area contributed by atoms with Gasteiger partial charge < -0.3 is 10.2 Å². The molecule has 2 amide bonds. The summed E-state index contributed by atoms with van der Waals surface area (Å²) in [7, 11) is 1.70. The molecule has 0 saturated heterocycles. The molecule has 1 aromatic carbocycles. The molecular formula is C16H18N4O2S. The third-order valence-electron chi connectivity index (χ3n) is 3.90. The van der Waals surface area contributed by atoms with E-state index >= 15 is 0 Å². The van der Waals surface area contributed by atoms with Crippen molar-refractivity contribution in [1.29, 1.82) is 0 Å². The molecule has 1 aromatic heterocycles. The van der Waals surface area contributed by atoms with E-state index in [1.807, 2.05) is 31.2 Å². The molecule has 1 aliphatic rings. The van der Waals surface area contributed by atoms with Crippen LogP contribution < -0.4 is 10.2 Å². The standard InChI is InChI=1S/C16H18N4O2S/c1-4-20-10-11(9-17-20)18-14(21)16(2)15(22)19(3)12-7-5-6-8-13(12)23-16/h5-10H,4H2,1-3H3,(H,18,21). The number of nitrogens with one attached hydrogen (secondary N) is 1. The lowest BCUT2D eigenvalue weighted by atomic mass is 10.1. The van der Waals surface area contributed by atoms with Crippen LogP contribution >= 0.6 is 11.8 Å². The van der Waals surface area contributed by atoms with E-state index in [2.05, 4.69) is 10.4 Å². The molecule has 1 aliphatic heterocycles. The van der Waals surface area contributed by atoms with Crippen LogP contribution in [0.25, 0.3) is 0 Å². The van der Waals surface area contributed by atoms with Gasteiger partial charge in [0.15, 0.2) is 4.75 Å². The quantitative estimate of drug-likeness (QED) is 0.878. The van der Waals surface area contributed by atoms with Crippen LogP contribution in [0, 0.1) is 0 Å². The molecule has 23 heavy (non-hydrogen) atoms. The summed E-state index contributed by atoms with van der Waals surface area (Å²) in [6.07, 6.45) is 3.33. The summed E-state index contributed by atoms with van der Waals surface area (Å²) in [5.41, 5.74) is 1.42. The van der Waals surface area contributed by atoms with Gasteiger partial charge in [-0.25, -0.2) is 0 Å². The van der Waals surface area contributed by atoms with Gasteiger partial charge in [0.05, 0.1) is 17.6 Å². The number of fused-ring (bicyclic) bond motifs is 1. The highest BCUT2D eigenvalue weighted by atomic mass is 32.2. The summed E-state index contributed by atoms with van der Waals surface area (Å²) in [6.45, 7) is 4.34. The molecule has 0 bridgehead atoms. The number of para-hydroxylation sites is 1. The van der Waals surface area contributed by atoms with Gasteiger partial charge in [0, 0.05) is 24.7 Å². The third-order valence-corrected chi connectivity index (χ3v) is 5.24. The number of nitrogens with zero attached hydrogens (tertiary/aromatic N) is 3. The number of amides is 2. The zero-order valence-corrected chi connectivity index (χ0v) is 14.1. The molecule has 2 heterocycles. The Hall–Kier alpha value is -2.28. The van der Waals surface area contributed by atoms with Gasteiger partial charge in [0.25, 0.3) is 5.91 Å². The molecule has 1 unspecified atom stereocenters. The number of aryl methyl sites for hydroxylation is 1. The molecule has 1 atom stereocenters. The first-order valence-corrected chi connectivity index (χ1v) is 8.17. The molecule has 0 fully saturated rings. The van der Waals surface area contributed by atoms with E-state index in [1.54, 1.807) is 35.9 Å². The molecule has 0 saturated carbocycles. The van der Waals surface area contributed by atoms with E-state index in [4.69, 9.17) is 0 Å². The third kappa shape index (κ3) is 2.61. The van der Waals surface area contributed by atoms with Crippen molar-refractivity contribution in [2.75, 3.05) is 17.3 Å². The average Bonchev–Trinajstić information content (AvgIpc) is 3.00. The van der Waals surface area contributed by atoms with Gasteiger partial charge in [-0.2, -0.15) is 5.10 Å². The molecule has 2 aromatic rings. The van der Waals surface area contributed by atoms with Crippen molar-refractivity contribution < 1.29 is 9.59 Å². The lowest BCUT2D eigenvalue weighted by Gasteiger charge is -2.36. The summed E-state index contributed by atoms with van der Waals surface area (Å²) in [6, 6.07) is 7.58. The maximum atomic E-state index is 12.7. The maximum absolute atomic E-state index is 12.7. The first kappa shape index (κ1) is 15.6. The Morgan fingerprint density at radius 2 is 2.13 bits per heavy atom. The Labute approximate surface area is 138 Å². The van der Waals surface area contributed by atoms with Crippen molar-refractivity contribution in [2.24, 2.45) is 0 Å². The maximum Gasteiger partial charge on any atom is 0.252 e. The molecule has 120 valence electrons. The molecule has 0 spiro atoms. The lowest BCUT2D eigenvalue weighted by Crippen LogP contribution is -2.53. The first-order valence-electron chi connectivity index (χ1n) is 7.36. The highest BCUT2D eigenvalue weighted by molar-refractivity contribution is 8.02. The number of carbonyl (C=O) groups is 2. The van der Waals surface area contributed by atoms with Gasteiger partial charge in [0.2, 0.25) is 5.91 Å². The molecule has 6 nitrogen and oxygen atoms in total. The van der Waals surface area contributed by atoms with Crippen LogP contribution in [0.5, 0.6) is 0 Å². The largest absolute Gasteiger partial charge is 0.322 e. The molecule has 0 radical (unpaired) electrons. The summed E-state index contributed by atoms with van der Waals surface area (Å²) >= 11 is 1.28. The monoisotopic (exact) mass is 330 g/mol. The van der Waals surface area contributed by atoms with Gasteiger partial charge >= 0.3 is 0 Å². The van der Waals surface area contributed by atoms with Crippen molar-refractivity contribution >= 4 is 35.0 Å². The number of benzene rings is 1. The van der Waals surface area contributed by atoms with Crippen LogP contribution in [0.1, 0.15) is 13.8 Å². The van der Waals surface area contributed by atoms with E-state index in [-0.39, 0.29) is 11.8 Å². The van der Waals surface area contributed by atoms with Gasteiger partial charge in [-0.05, 0) is 26.0 Å². The normalized spacial score (nSPS) is 20.3. The number of hydrogen-bond donors (Lipinski definition) is 1. The van der Waals surface area contributed by atoms with Gasteiger partial charge in [-0.3, -0.25) is 14.3 Å². The minimum absolute atomic E-state index is 0.235. The van der Waals surface area contributed by atoms with E-state index in [0.717, 1.165) is 17.1 Å². The minimum Gasteiger partial charge on any atom is -0.322 e. The van der Waals surface area contributed by atoms with Crippen molar-refractivity contribution in [3.05, 3.63) is 36.7 Å². The summed E-state index contributed by atoms with van der Waals surface area (Å²) < 4.78 is 0.507. The van der Waals surface area contributed by atoms with E-state index in [0.29, 0.717) is 5.69 Å². The molecular weight excluding hydrogens is 312 g/mol. The number of anilines is 2. The second-order valence-corrected chi connectivity index (χ2v) is 6.97. The number of rotatable bonds is 3. The molecule has 3 rings (SSSR count). The number of thioether (sulfide) groups is 1. The van der Waals surface area contributed by atoms with Crippen LogP contribution in [0.15, 0.2) is 41.6 Å². The number of aromatic nitrogens is 2. The second kappa shape index (κ2) is 5.73. The summed E-state index contributed by atoms with van der Waals surface area (Å²) in [5.74, 6) is -0.578. The van der Waals surface area contributed by atoms with Gasteiger partial charge in [0.1, 0.15) is 0 Å². The fraction of sp³-hybridized carbons (Fsp3) is 0.312. The zero-order valence-electron chi connectivity index (χ0n) is 13.2. The Kier molecular flexibility index (Phi) is 3.89. The molecule has 1 N–H and O–H groups in total. The lowest BCUT2D eigenvalue weighted by molar-refractivity contribution is -0.128. The highest BCUT2D eigenvalue weighted by Gasteiger charge is 2.48. The van der Waals surface area contributed by atoms with Crippen LogP contribution in [0.3, 0.4) is 0 Å². The van der Waals surface area contributed by atoms with Gasteiger partial charge in [-0.15, -0.1) is 0 Å². The van der Waals surface area contributed by atoms with Crippen molar-refractivity contribution in [2.45, 2.75) is 30.0 Å². The Morgan fingerprint density at radius 1 is 1.39 bits per heavy atom. The topological polar surface area (TPSA) is 67.2 Å². The van der Waals surface area contributed by atoms with Crippen LogP contribution in [-0.2, 0) is 16.1 Å². The highest BCUT2D eigenvalue weighted by Crippen LogP contribution is 2.45. The predicted octanol–water partition coefficient (Wildman–Crippen LogP) is 2.37. The summed E-state index contributed by atoms with van der Waals surface area (Å²) in [4.78, 5) is 27.9. The Morgan fingerprint density at radius 3 is 2.83 bits per heavy atom. The molecule has 7 heteroatoms. The van der Waals surface area contributed by atoms with Crippen LogP contribution in [-0.4, -0.2) is 33.4 Å². The smallest absolute Gasteiger partial charge is 0.252 e. The first-order chi connectivity index (χ1) is 11.0. The number of carbonyl (C=O) groups excluding carboxylic acids is 2. The predicted molar refractivity (Wildman–Crippen MR) is 90.6 cm³/mol. The zero-order chi connectivity index (χ0) is 16.6. The van der Waals surface area contributed by atoms with E-state index in [1.165, 1.54) is 11.8 Å². The Bertz CT molecular complexity index is 773. The van der Waals surface area contributed by atoms with E-state index in [9.17, 15) is 9.59 Å². The van der Waals surface area contributed by atoms with Crippen molar-refractivity contribution in [1.82, 2.24) is 9.78 Å². The van der Waals surface area contributed by atoms with E-state index < -0.39 is 4.75 Å². The van der Waals surface area contributed by atoms with Crippen molar-refractivity contribution in [3.8, 4) is 0 Å². The second-order valence-electron chi connectivity index (χ2n) is 5.51. The average molecular weight is 330 g/mol. The minimum atomic E-state index is -1.21. The fourth-order valence-corrected chi connectivity index (χ4v) is 3.77. The fourth-order valence-electron chi connectivity index (χ4n) is 2.51. The van der Waals surface area contributed by atoms with Crippen LogP contribution in [0.2, 0.25) is 0 Å². The molecule has 0 aliphatic carbocycles. The van der Waals surface area contributed by atoms with Crippen molar-refractivity contribution in [3.63, 3.8) is 0 Å².